The van der Waals surface area contributed by atoms with Gasteiger partial charge in [-0.15, -0.1) is 0 Å². The van der Waals surface area contributed by atoms with E-state index in [1.54, 1.807) is 0 Å². The summed E-state index contributed by atoms with van der Waals surface area (Å²) in [5, 5.41) is 0. The van der Waals surface area contributed by atoms with E-state index in [4.69, 9.17) is 10.5 Å². The maximum absolute atomic E-state index is 5.38. The maximum atomic E-state index is 5.38. The van der Waals surface area contributed by atoms with Gasteiger partial charge in [-0.1, -0.05) is 0 Å². The molecule has 0 atom stereocenters. The van der Waals surface area contributed by atoms with Gasteiger partial charge in [-0.2, -0.15) is 0 Å². The van der Waals surface area contributed by atoms with E-state index in [2.05, 4.69) is 4.90 Å². The zero-order valence-corrected chi connectivity index (χ0v) is 5.84. The van der Waals surface area contributed by atoms with Crippen LogP contribution >= 0.6 is 0 Å². The smallest absolute Gasteiger partial charge is 0.0528 e. The fourth-order valence-corrected chi connectivity index (χ4v) is 0.905. The molecule has 9 heavy (non-hydrogen) atoms. The Balaban J connectivity index is 2.01. The first-order valence-corrected chi connectivity index (χ1v) is 3.29. The number of nitrogens with two attached hydrogens (primary N) is 1. The number of hydrogen-bond donors (Lipinski definition) is 1. The van der Waals surface area contributed by atoms with Gasteiger partial charge >= 0.3 is 0 Å². The molecule has 0 saturated carbocycles. The van der Waals surface area contributed by atoms with Gasteiger partial charge in [0.1, 0.15) is 0 Å². The molecule has 3 heteroatoms. The first-order chi connectivity index (χ1) is 4.33. The fraction of sp³-hybridized carbons (Fsp3) is 1.00. The van der Waals surface area contributed by atoms with Crippen molar-refractivity contribution in [3.63, 3.8) is 0 Å². The van der Waals surface area contributed by atoms with Crippen molar-refractivity contribution in [3.05, 3.63) is 0 Å². The van der Waals surface area contributed by atoms with Gasteiger partial charge in [-0.3, -0.25) is 4.90 Å². The summed E-state index contributed by atoms with van der Waals surface area (Å²) in [5.74, 6) is 0.735. The lowest BCUT2D eigenvalue weighted by Gasteiger charge is -2.29. The molecule has 1 rings (SSSR count). The standard InChI is InChI=1S/C6H14N2O/c1-8(5-7)2-6-3-9-4-6/h6H,2-5,7H2,1H3. The third-order valence-electron chi connectivity index (χ3n) is 1.59. The van der Waals surface area contributed by atoms with Crippen LogP contribution in [0.3, 0.4) is 0 Å². The quantitative estimate of drug-likeness (QED) is 0.522. The van der Waals surface area contributed by atoms with Gasteiger partial charge in [0.2, 0.25) is 0 Å². The summed E-state index contributed by atoms with van der Waals surface area (Å²) in [6, 6.07) is 0. The fourth-order valence-electron chi connectivity index (χ4n) is 0.905. The Labute approximate surface area is 55.8 Å². The van der Waals surface area contributed by atoms with E-state index in [0.717, 1.165) is 25.7 Å². The Morgan fingerprint density at radius 1 is 1.67 bits per heavy atom. The van der Waals surface area contributed by atoms with Gasteiger partial charge in [0.25, 0.3) is 0 Å². The summed E-state index contributed by atoms with van der Waals surface area (Å²) in [5.41, 5.74) is 5.38. The van der Waals surface area contributed by atoms with E-state index in [0.29, 0.717) is 6.67 Å². The maximum Gasteiger partial charge on any atom is 0.0528 e. The van der Waals surface area contributed by atoms with Crippen LogP contribution in [0.25, 0.3) is 0 Å². The second kappa shape index (κ2) is 3.15. The largest absolute Gasteiger partial charge is 0.381 e. The number of ether oxygens (including phenoxy) is 1. The number of rotatable bonds is 3. The summed E-state index contributed by atoms with van der Waals surface area (Å²) in [7, 11) is 2.03. The van der Waals surface area contributed by atoms with Crippen LogP contribution in [0, 0.1) is 5.92 Å². The molecule has 1 saturated heterocycles. The highest BCUT2D eigenvalue weighted by Gasteiger charge is 2.18. The van der Waals surface area contributed by atoms with Crippen LogP contribution < -0.4 is 5.73 Å². The average Bonchev–Trinajstić information content (AvgIpc) is 1.78. The van der Waals surface area contributed by atoms with E-state index in [1.807, 2.05) is 7.05 Å². The Morgan fingerprint density at radius 2 is 2.33 bits per heavy atom. The molecule has 0 radical (unpaired) electrons. The third kappa shape index (κ3) is 1.93. The van der Waals surface area contributed by atoms with E-state index in [1.165, 1.54) is 0 Å². The molecule has 1 heterocycles. The highest BCUT2D eigenvalue weighted by Crippen LogP contribution is 2.09. The summed E-state index contributed by atoms with van der Waals surface area (Å²) in [4.78, 5) is 2.10. The van der Waals surface area contributed by atoms with Crippen LogP contribution in [0.1, 0.15) is 0 Å². The Bertz CT molecular complexity index is 80.4. The van der Waals surface area contributed by atoms with Gasteiger partial charge in [0.15, 0.2) is 0 Å². The molecule has 2 N–H and O–H groups in total. The SMILES string of the molecule is CN(CN)CC1COC1. The Kier molecular flexibility index (Phi) is 2.45. The molecule has 0 spiro atoms. The Hall–Kier alpha value is -0.120. The molecular formula is C6H14N2O. The minimum Gasteiger partial charge on any atom is -0.381 e. The molecule has 54 valence electrons. The second-order valence-corrected chi connectivity index (χ2v) is 2.62. The minimum atomic E-state index is 0.649. The molecule has 0 unspecified atom stereocenters. The van der Waals surface area contributed by atoms with Gasteiger partial charge in [-0.05, 0) is 7.05 Å². The van der Waals surface area contributed by atoms with Crippen molar-refractivity contribution in [3.8, 4) is 0 Å². The van der Waals surface area contributed by atoms with Crippen molar-refractivity contribution in [1.29, 1.82) is 0 Å². The predicted octanol–water partition coefficient (Wildman–Crippen LogP) is -0.519. The van der Waals surface area contributed by atoms with Crippen molar-refractivity contribution in [2.45, 2.75) is 0 Å². The lowest BCUT2D eigenvalue weighted by molar-refractivity contribution is -0.0434. The molecule has 0 aliphatic carbocycles. The monoisotopic (exact) mass is 130 g/mol. The van der Waals surface area contributed by atoms with Gasteiger partial charge in [-0.25, -0.2) is 0 Å². The summed E-state index contributed by atoms with van der Waals surface area (Å²) in [6.45, 7) is 3.57. The molecular weight excluding hydrogens is 116 g/mol. The van der Waals surface area contributed by atoms with Crippen LogP contribution in [-0.4, -0.2) is 38.4 Å². The van der Waals surface area contributed by atoms with Crippen molar-refractivity contribution in [2.75, 3.05) is 33.5 Å². The topological polar surface area (TPSA) is 38.5 Å². The van der Waals surface area contributed by atoms with Crippen LogP contribution in [0.5, 0.6) is 0 Å². The van der Waals surface area contributed by atoms with Gasteiger partial charge in [0, 0.05) is 19.1 Å². The van der Waals surface area contributed by atoms with E-state index in [9.17, 15) is 0 Å². The zero-order chi connectivity index (χ0) is 6.69. The van der Waals surface area contributed by atoms with Gasteiger partial charge in [0.05, 0.1) is 13.2 Å². The summed E-state index contributed by atoms with van der Waals surface area (Å²) < 4.78 is 5.01. The van der Waals surface area contributed by atoms with Crippen LogP contribution in [-0.2, 0) is 4.74 Å². The average molecular weight is 130 g/mol. The van der Waals surface area contributed by atoms with Crippen molar-refractivity contribution in [1.82, 2.24) is 4.90 Å². The van der Waals surface area contributed by atoms with Gasteiger partial charge < -0.3 is 10.5 Å². The normalized spacial score (nSPS) is 20.3. The summed E-state index contributed by atoms with van der Waals surface area (Å²) >= 11 is 0. The molecule has 1 aliphatic rings. The molecule has 1 fully saturated rings. The van der Waals surface area contributed by atoms with Crippen LogP contribution in [0.15, 0.2) is 0 Å². The number of hydrogen-bond acceptors (Lipinski definition) is 3. The molecule has 1 aliphatic heterocycles. The van der Waals surface area contributed by atoms with E-state index >= 15 is 0 Å². The highest BCUT2D eigenvalue weighted by molar-refractivity contribution is 4.67. The van der Waals surface area contributed by atoms with Crippen molar-refractivity contribution >= 4 is 0 Å². The number of nitrogens with zero attached hydrogens (tertiary/aromatic N) is 1. The third-order valence-corrected chi connectivity index (χ3v) is 1.59. The molecule has 0 bridgehead atoms. The highest BCUT2D eigenvalue weighted by atomic mass is 16.5. The molecule has 0 amide bonds. The second-order valence-electron chi connectivity index (χ2n) is 2.62. The molecule has 0 aromatic heterocycles. The lowest BCUT2D eigenvalue weighted by atomic mass is 10.1. The predicted molar refractivity (Wildman–Crippen MR) is 36.0 cm³/mol. The van der Waals surface area contributed by atoms with Crippen LogP contribution in [0.4, 0.5) is 0 Å². The first kappa shape index (κ1) is 6.99. The van der Waals surface area contributed by atoms with Crippen molar-refractivity contribution < 1.29 is 4.74 Å². The summed E-state index contributed by atoms with van der Waals surface area (Å²) in [6.07, 6.45) is 0. The first-order valence-electron chi connectivity index (χ1n) is 3.29. The zero-order valence-electron chi connectivity index (χ0n) is 5.84. The van der Waals surface area contributed by atoms with Crippen LogP contribution in [0.2, 0.25) is 0 Å². The van der Waals surface area contributed by atoms with E-state index < -0.39 is 0 Å². The minimum absolute atomic E-state index is 0.649. The molecule has 0 aromatic rings. The lowest BCUT2D eigenvalue weighted by Crippen LogP contribution is -2.39. The van der Waals surface area contributed by atoms with E-state index in [-0.39, 0.29) is 0 Å². The van der Waals surface area contributed by atoms with Crippen molar-refractivity contribution in [2.24, 2.45) is 11.7 Å². The Morgan fingerprint density at radius 3 is 2.67 bits per heavy atom. The molecule has 3 nitrogen and oxygen atoms in total. The molecule has 0 aromatic carbocycles.